The van der Waals surface area contributed by atoms with E-state index in [1.807, 2.05) is 12.1 Å². The van der Waals surface area contributed by atoms with E-state index in [2.05, 4.69) is 22.2 Å². The Labute approximate surface area is 191 Å². The molecule has 0 aromatic heterocycles. The highest BCUT2D eigenvalue weighted by atomic mass is 16.4. The van der Waals surface area contributed by atoms with Crippen molar-refractivity contribution in [3.8, 4) is 0 Å². The Bertz CT molecular complexity index is 1030. The van der Waals surface area contributed by atoms with Crippen molar-refractivity contribution >= 4 is 29.5 Å². The van der Waals surface area contributed by atoms with E-state index in [1.165, 1.54) is 5.57 Å². The van der Waals surface area contributed by atoms with Crippen LogP contribution in [0.1, 0.15) is 67.3 Å². The summed E-state index contributed by atoms with van der Waals surface area (Å²) >= 11 is 0. The van der Waals surface area contributed by atoms with E-state index in [4.69, 9.17) is 16.6 Å². The van der Waals surface area contributed by atoms with Crippen molar-refractivity contribution in [3.05, 3.63) is 46.5 Å². The summed E-state index contributed by atoms with van der Waals surface area (Å²) in [5.41, 5.74) is 16.4. The van der Waals surface area contributed by atoms with Crippen LogP contribution in [0.15, 0.2) is 45.4 Å². The van der Waals surface area contributed by atoms with E-state index in [0.29, 0.717) is 5.56 Å². The van der Waals surface area contributed by atoms with Crippen molar-refractivity contribution in [1.82, 2.24) is 5.32 Å². The molecule has 1 amide bonds. The summed E-state index contributed by atoms with van der Waals surface area (Å²) in [5.74, 6) is -2.48. The summed E-state index contributed by atoms with van der Waals surface area (Å²) in [7, 11) is 0. The topological polar surface area (TPSA) is 180 Å². The molecule has 1 aliphatic heterocycles. The third kappa shape index (κ3) is 6.04. The summed E-state index contributed by atoms with van der Waals surface area (Å²) in [4.78, 5) is 42.9. The van der Waals surface area contributed by atoms with Crippen molar-refractivity contribution in [3.63, 3.8) is 0 Å². The molecule has 3 rings (SSSR count). The molecule has 3 atom stereocenters. The molecular weight excluding hydrogens is 426 g/mol. The van der Waals surface area contributed by atoms with E-state index >= 15 is 0 Å². The number of hydrogen-bond donors (Lipinski definition) is 5. The van der Waals surface area contributed by atoms with Gasteiger partial charge in [0.1, 0.15) is 12.2 Å². The smallest absolute Gasteiger partial charge is 0.326 e. The molecule has 1 aliphatic carbocycles. The van der Waals surface area contributed by atoms with Gasteiger partial charge in [-0.1, -0.05) is 24.6 Å². The number of nitrogens with two attached hydrogens (primary N) is 2. The zero-order valence-electron chi connectivity index (χ0n) is 18.5. The second-order valence-corrected chi connectivity index (χ2v) is 8.37. The number of aliphatic imine (C=N–C) groups is 2. The number of hydrogen-bond acceptors (Lipinski definition) is 7. The number of carboxylic acid groups (broad SMARTS) is 2. The number of nitrogens with zero attached hydrogens (tertiary/aromatic N) is 2. The Hall–Kier alpha value is -3.53. The minimum absolute atomic E-state index is 0.183. The normalized spacial score (nSPS) is 19.3. The van der Waals surface area contributed by atoms with Gasteiger partial charge in [0.05, 0.1) is 5.71 Å². The molecule has 0 radical (unpaired) electrons. The van der Waals surface area contributed by atoms with Gasteiger partial charge in [0.25, 0.3) is 5.91 Å². The quantitative estimate of drug-likeness (QED) is 0.356. The predicted octanol–water partition coefficient (Wildman–Crippen LogP) is 1.76. The van der Waals surface area contributed by atoms with E-state index in [1.54, 1.807) is 12.1 Å². The van der Waals surface area contributed by atoms with Gasteiger partial charge in [-0.05, 0) is 55.7 Å². The SMILES string of the molecule is CC(CCC1=C2C(=NC(N)=NC2N)CC1)c1ccc(C(=O)N[C@@H](CCC(=O)O)C(=O)O)cc1. The van der Waals surface area contributed by atoms with Gasteiger partial charge in [-0.3, -0.25) is 9.59 Å². The zero-order valence-corrected chi connectivity index (χ0v) is 18.5. The largest absolute Gasteiger partial charge is 0.481 e. The summed E-state index contributed by atoms with van der Waals surface area (Å²) in [6, 6.07) is 5.74. The fourth-order valence-electron chi connectivity index (χ4n) is 4.16. The highest BCUT2D eigenvalue weighted by Crippen LogP contribution is 2.33. The molecule has 10 heteroatoms. The molecule has 7 N–H and O–H groups in total. The third-order valence-electron chi connectivity index (χ3n) is 6.04. The molecule has 0 spiro atoms. The maximum absolute atomic E-state index is 12.4. The van der Waals surface area contributed by atoms with Gasteiger partial charge in [-0.25, -0.2) is 14.8 Å². The van der Waals surface area contributed by atoms with Crippen LogP contribution in [-0.2, 0) is 9.59 Å². The van der Waals surface area contributed by atoms with Gasteiger partial charge in [-0.15, -0.1) is 0 Å². The number of rotatable bonds is 10. The Morgan fingerprint density at radius 2 is 1.85 bits per heavy atom. The zero-order chi connectivity index (χ0) is 24.1. The van der Waals surface area contributed by atoms with Gasteiger partial charge in [0.15, 0.2) is 0 Å². The number of aliphatic carboxylic acids is 2. The van der Waals surface area contributed by atoms with Crippen LogP contribution in [0.5, 0.6) is 0 Å². The first-order chi connectivity index (χ1) is 15.7. The minimum atomic E-state index is -1.27. The van der Waals surface area contributed by atoms with Crippen molar-refractivity contribution in [2.75, 3.05) is 0 Å². The summed E-state index contributed by atoms with van der Waals surface area (Å²) < 4.78 is 0. The molecule has 0 bridgehead atoms. The molecular formula is C23H29N5O5. The second-order valence-electron chi connectivity index (χ2n) is 8.37. The van der Waals surface area contributed by atoms with Crippen LogP contribution in [0.4, 0.5) is 0 Å². The van der Waals surface area contributed by atoms with Crippen molar-refractivity contribution < 1.29 is 24.6 Å². The maximum atomic E-state index is 12.4. The molecule has 176 valence electrons. The first kappa shape index (κ1) is 24.1. The van der Waals surface area contributed by atoms with Crippen LogP contribution in [0.3, 0.4) is 0 Å². The fourth-order valence-corrected chi connectivity index (χ4v) is 4.16. The average molecular weight is 456 g/mol. The molecule has 0 saturated heterocycles. The molecule has 33 heavy (non-hydrogen) atoms. The van der Waals surface area contributed by atoms with E-state index in [0.717, 1.165) is 42.5 Å². The number of fused-ring (bicyclic) bond motifs is 1. The van der Waals surface area contributed by atoms with E-state index < -0.39 is 30.1 Å². The Morgan fingerprint density at radius 3 is 2.48 bits per heavy atom. The van der Waals surface area contributed by atoms with Gasteiger partial charge >= 0.3 is 11.9 Å². The third-order valence-corrected chi connectivity index (χ3v) is 6.04. The first-order valence-electron chi connectivity index (χ1n) is 10.9. The summed E-state index contributed by atoms with van der Waals surface area (Å²) in [6.45, 7) is 2.10. The molecule has 1 heterocycles. The molecule has 0 saturated carbocycles. The number of allylic oxidation sites excluding steroid dienone is 1. The Kier molecular flexibility index (Phi) is 7.59. The second kappa shape index (κ2) is 10.4. The molecule has 10 nitrogen and oxygen atoms in total. The molecule has 2 aliphatic rings. The lowest BCUT2D eigenvalue weighted by atomic mass is 9.92. The number of guanidine groups is 1. The van der Waals surface area contributed by atoms with Crippen molar-refractivity contribution in [1.29, 1.82) is 0 Å². The number of carbonyl (C=O) groups excluding carboxylic acids is 1. The van der Waals surface area contributed by atoms with Gasteiger partial charge < -0.3 is 27.0 Å². The monoisotopic (exact) mass is 455 g/mol. The number of nitrogens with one attached hydrogen (secondary N) is 1. The molecule has 1 aromatic carbocycles. The number of carbonyl (C=O) groups is 3. The Balaban J connectivity index is 1.58. The number of benzene rings is 1. The lowest BCUT2D eigenvalue weighted by molar-refractivity contribution is -0.140. The van der Waals surface area contributed by atoms with Crippen molar-refractivity contribution in [2.45, 2.75) is 63.6 Å². The standard InChI is InChI=1S/C23H29N5O5/c1-12(2-3-14-8-9-16-19(14)20(24)28-23(25)27-16)13-4-6-15(7-5-13)21(31)26-17(22(32)33)10-11-18(29)30/h4-7,12,17,20H,2-3,8-11,24H2,1H3,(H2,25,28)(H,26,31)(H,29,30)(H,32,33)/t12?,17-,20?/m0/s1. The Morgan fingerprint density at radius 1 is 1.15 bits per heavy atom. The van der Waals surface area contributed by atoms with Crippen LogP contribution in [0.2, 0.25) is 0 Å². The van der Waals surface area contributed by atoms with Crippen LogP contribution in [-0.4, -0.2) is 51.9 Å². The number of amides is 1. The number of carboxylic acids is 2. The average Bonchev–Trinajstić information content (AvgIpc) is 3.17. The minimum Gasteiger partial charge on any atom is -0.481 e. The van der Waals surface area contributed by atoms with Gasteiger partial charge in [-0.2, -0.15) is 0 Å². The highest BCUT2D eigenvalue weighted by molar-refractivity contribution is 6.11. The first-order valence-corrected chi connectivity index (χ1v) is 10.9. The van der Waals surface area contributed by atoms with E-state index in [9.17, 15) is 19.5 Å². The molecule has 0 fully saturated rings. The summed E-state index contributed by atoms with van der Waals surface area (Å²) in [5, 5.41) is 20.3. The van der Waals surface area contributed by atoms with Crippen LogP contribution in [0.25, 0.3) is 0 Å². The maximum Gasteiger partial charge on any atom is 0.326 e. The molecule has 2 unspecified atom stereocenters. The van der Waals surface area contributed by atoms with Crippen LogP contribution >= 0.6 is 0 Å². The lowest BCUT2D eigenvalue weighted by Gasteiger charge is -2.18. The van der Waals surface area contributed by atoms with Gasteiger partial charge in [0, 0.05) is 17.6 Å². The summed E-state index contributed by atoms with van der Waals surface area (Å²) in [6.07, 6.45) is 2.51. The van der Waals surface area contributed by atoms with Gasteiger partial charge in [0.2, 0.25) is 5.96 Å². The lowest BCUT2D eigenvalue weighted by Crippen LogP contribution is -2.41. The van der Waals surface area contributed by atoms with Crippen molar-refractivity contribution in [2.24, 2.45) is 21.5 Å². The van der Waals surface area contributed by atoms with Crippen LogP contribution < -0.4 is 16.8 Å². The van der Waals surface area contributed by atoms with E-state index in [-0.39, 0.29) is 24.7 Å². The molecule has 1 aromatic rings. The van der Waals surface area contributed by atoms with Crippen LogP contribution in [0, 0.1) is 0 Å². The highest BCUT2D eigenvalue weighted by Gasteiger charge is 2.29. The predicted molar refractivity (Wildman–Crippen MR) is 123 cm³/mol. The fraction of sp³-hybridized carbons (Fsp3) is 0.435.